The van der Waals surface area contributed by atoms with Gasteiger partial charge >= 0.3 is 5.97 Å². The van der Waals surface area contributed by atoms with Crippen molar-refractivity contribution in [1.82, 2.24) is 4.98 Å². The number of aromatic nitrogens is 1. The van der Waals surface area contributed by atoms with Crippen LogP contribution in [-0.4, -0.2) is 24.6 Å². The summed E-state index contributed by atoms with van der Waals surface area (Å²) in [6, 6.07) is 6.71. The molecule has 0 saturated carbocycles. The van der Waals surface area contributed by atoms with E-state index in [0.717, 1.165) is 6.07 Å². The number of methoxy groups -OCH3 is 1. The minimum Gasteiger partial charge on any atom is -0.465 e. The topological polar surface area (TPSA) is 51.2 Å². The number of rotatable bonds is 5. The zero-order valence-electron chi connectivity index (χ0n) is 12.3. The number of anilines is 1. The molecule has 1 N–H and O–H groups in total. The van der Waals surface area contributed by atoms with Crippen molar-refractivity contribution >= 4 is 11.8 Å². The molecule has 6 heteroatoms. The van der Waals surface area contributed by atoms with Crippen molar-refractivity contribution in [1.29, 1.82) is 0 Å². The number of pyridine rings is 1. The van der Waals surface area contributed by atoms with Gasteiger partial charge in [0.15, 0.2) is 0 Å². The third-order valence-corrected chi connectivity index (χ3v) is 3.13. The zero-order valence-corrected chi connectivity index (χ0v) is 12.3. The normalized spacial score (nSPS) is 10.4. The third kappa shape index (κ3) is 4.00. The highest BCUT2D eigenvalue weighted by molar-refractivity contribution is 5.90. The van der Waals surface area contributed by atoms with E-state index >= 15 is 0 Å². The van der Waals surface area contributed by atoms with Crippen LogP contribution in [0.1, 0.15) is 21.6 Å². The van der Waals surface area contributed by atoms with Crippen LogP contribution in [-0.2, 0) is 11.2 Å². The summed E-state index contributed by atoms with van der Waals surface area (Å²) >= 11 is 0. The van der Waals surface area contributed by atoms with E-state index in [4.69, 9.17) is 0 Å². The zero-order chi connectivity index (χ0) is 16.1. The fraction of sp³-hybridized carbons (Fsp3) is 0.250. The van der Waals surface area contributed by atoms with Gasteiger partial charge in [0.2, 0.25) is 0 Å². The van der Waals surface area contributed by atoms with Crippen molar-refractivity contribution in [3.05, 3.63) is 58.8 Å². The Kier molecular flexibility index (Phi) is 5.04. The minimum absolute atomic E-state index is 0.403. The molecule has 1 aromatic heterocycles. The lowest BCUT2D eigenvalue weighted by molar-refractivity contribution is 0.0599. The second kappa shape index (κ2) is 6.98. The predicted octanol–water partition coefficient (Wildman–Crippen LogP) is 3.11. The van der Waals surface area contributed by atoms with E-state index in [-0.39, 0.29) is 0 Å². The number of carbonyl (C=O) groups excluding carboxylic acids is 1. The molecule has 1 heterocycles. The van der Waals surface area contributed by atoms with Gasteiger partial charge in [-0.05, 0) is 43.2 Å². The molecule has 1 aromatic carbocycles. The number of nitrogens with zero attached hydrogens (tertiary/aromatic N) is 1. The highest BCUT2D eigenvalue weighted by Gasteiger charge is 2.10. The maximum Gasteiger partial charge on any atom is 0.339 e. The number of nitrogens with one attached hydrogen (secondary N) is 1. The van der Waals surface area contributed by atoms with Gasteiger partial charge in [-0.2, -0.15) is 0 Å². The molecule has 116 valence electrons. The quantitative estimate of drug-likeness (QED) is 0.862. The fourth-order valence-corrected chi connectivity index (χ4v) is 2.08. The molecule has 4 nitrogen and oxygen atoms in total. The van der Waals surface area contributed by atoms with Gasteiger partial charge in [-0.15, -0.1) is 0 Å². The van der Waals surface area contributed by atoms with Crippen LogP contribution in [0.4, 0.5) is 14.6 Å². The summed E-state index contributed by atoms with van der Waals surface area (Å²) in [5.41, 5.74) is 1.52. The second-order valence-corrected chi connectivity index (χ2v) is 4.78. The van der Waals surface area contributed by atoms with Crippen LogP contribution >= 0.6 is 0 Å². The van der Waals surface area contributed by atoms with E-state index in [1.54, 1.807) is 19.1 Å². The first-order chi connectivity index (χ1) is 10.5. The number of halogens is 2. The van der Waals surface area contributed by atoms with Gasteiger partial charge in [0.05, 0.1) is 18.4 Å². The Morgan fingerprint density at radius 1 is 1.23 bits per heavy atom. The number of hydrogen-bond donors (Lipinski definition) is 1. The number of aryl methyl sites for hydroxylation is 1. The lowest BCUT2D eigenvalue weighted by Gasteiger charge is -2.09. The number of carbonyl (C=O) groups is 1. The molecule has 22 heavy (non-hydrogen) atoms. The number of hydrogen-bond acceptors (Lipinski definition) is 4. The minimum atomic E-state index is -0.591. The summed E-state index contributed by atoms with van der Waals surface area (Å²) in [7, 11) is 1.31. The third-order valence-electron chi connectivity index (χ3n) is 3.13. The maximum absolute atomic E-state index is 13.1. The van der Waals surface area contributed by atoms with Gasteiger partial charge in [0, 0.05) is 12.6 Å². The SMILES string of the molecule is COC(=O)c1ccc(NCCc2cc(F)cc(F)c2)nc1C. The molecule has 0 saturated heterocycles. The van der Waals surface area contributed by atoms with Crippen LogP contribution in [0.25, 0.3) is 0 Å². The van der Waals surface area contributed by atoms with E-state index in [9.17, 15) is 13.6 Å². The molecule has 0 aliphatic heterocycles. The highest BCUT2D eigenvalue weighted by Crippen LogP contribution is 2.12. The largest absolute Gasteiger partial charge is 0.465 e. The van der Waals surface area contributed by atoms with Crippen molar-refractivity contribution in [3.63, 3.8) is 0 Å². The Bertz CT molecular complexity index is 670. The Morgan fingerprint density at radius 2 is 1.91 bits per heavy atom. The molecule has 0 aliphatic rings. The molecule has 0 atom stereocenters. The summed E-state index contributed by atoms with van der Waals surface area (Å²) in [6.45, 7) is 2.17. The molecular formula is C16H16F2N2O2. The molecule has 0 aliphatic carbocycles. The summed E-state index contributed by atoms with van der Waals surface area (Å²) in [4.78, 5) is 15.7. The van der Waals surface area contributed by atoms with Crippen molar-refractivity contribution < 1.29 is 18.3 Å². The Labute approximate surface area is 127 Å². The molecule has 0 spiro atoms. The molecule has 0 amide bonds. The van der Waals surface area contributed by atoms with Crippen molar-refractivity contribution in [3.8, 4) is 0 Å². The van der Waals surface area contributed by atoms with Crippen LogP contribution in [0.2, 0.25) is 0 Å². The maximum atomic E-state index is 13.1. The van der Waals surface area contributed by atoms with Crippen LogP contribution in [0, 0.1) is 18.6 Å². The van der Waals surface area contributed by atoms with Crippen LogP contribution < -0.4 is 5.32 Å². The summed E-state index contributed by atoms with van der Waals surface area (Å²) in [6.07, 6.45) is 0.453. The van der Waals surface area contributed by atoms with Crippen LogP contribution in [0.3, 0.4) is 0 Å². The van der Waals surface area contributed by atoms with Crippen molar-refractivity contribution in [2.75, 3.05) is 19.0 Å². The highest BCUT2D eigenvalue weighted by atomic mass is 19.1. The first-order valence-corrected chi connectivity index (χ1v) is 6.74. The van der Waals surface area contributed by atoms with E-state index in [2.05, 4.69) is 15.0 Å². The summed E-state index contributed by atoms with van der Waals surface area (Å²) < 4.78 is 30.8. The molecule has 0 unspecified atom stereocenters. The predicted molar refractivity (Wildman–Crippen MR) is 78.9 cm³/mol. The Morgan fingerprint density at radius 3 is 2.50 bits per heavy atom. The van der Waals surface area contributed by atoms with Crippen LogP contribution in [0.5, 0.6) is 0 Å². The lowest BCUT2D eigenvalue weighted by Crippen LogP contribution is -2.10. The summed E-state index contributed by atoms with van der Waals surface area (Å²) in [5, 5.41) is 3.05. The standard InChI is InChI=1S/C16H16F2N2O2/c1-10-14(16(21)22-2)3-4-15(20-10)19-6-5-11-7-12(17)9-13(18)8-11/h3-4,7-9H,5-6H2,1-2H3,(H,19,20). The average molecular weight is 306 g/mol. The molecule has 2 rings (SSSR count). The van der Waals surface area contributed by atoms with E-state index < -0.39 is 17.6 Å². The fourth-order valence-electron chi connectivity index (χ4n) is 2.08. The van der Waals surface area contributed by atoms with Crippen molar-refractivity contribution in [2.45, 2.75) is 13.3 Å². The molecule has 0 radical (unpaired) electrons. The molecule has 0 bridgehead atoms. The van der Waals surface area contributed by atoms with Gasteiger partial charge in [-0.3, -0.25) is 0 Å². The van der Waals surface area contributed by atoms with E-state index in [1.165, 1.54) is 19.2 Å². The monoisotopic (exact) mass is 306 g/mol. The number of esters is 1. The Hall–Kier alpha value is -2.50. The first kappa shape index (κ1) is 15.9. The van der Waals surface area contributed by atoms with Gasteiger partial charge in [0.25, 0.3) is 0 Å². The lowest BCUT2D eigenvalue weighted by atomic mass is 10.1. The van der Waals surface area contributed by atoms with Crippen LogP contribution in [0.15, 0.2) is 30.3 Å². The number of ether oxygens (including phenoxy) is 1. The van der Waals surface area contributed by atoms with Gasteiger partial charge in [-0.1, -0.05) is 0 Å². The van der Waals surface area contributed by atoms with Crippen molar-refractivity contribution in [2.24, 2.45) is 0 Å². The number of benzene rings is 1. The smallest absolute Gasteiger partial charge is 0.339 e. The Balaban J connectivity index is 1.97. The summed E-state index contributed by atoms with van der Waals surface area (Å²) in [5.74, 6) is -1.04. The van der Waals surface area contributed by atoms with E-state index in [0.29, 0.717) is 35.6 Å². The van der Waals surface area contributed by atoms with Gasteiger partial charge < -0.3 is 10.1 Å². The first-order valence-electron chi connectivity index (χ1n) is 6.74. The second-order valence-electron chi connectivity index (χ2n) is 4.78. The average Bonchev–Trinajstić information content (AvgIpc) is 2.45. The molecule has 0 fully saturated rings. The molecule has 2 aromatic rings. The van der Waals surface area contributed by atoms with E-state index in [1.807, 2.05) is 0 Å². The van der Waals surface area contributed by atoms with Gasteiger partial charge in [-0.25, -0.2) is 18.6 Å². The van der Waals surface area contributed by atoms with Gasteiger partial charge in [0.1, 0.15) is 17.5 Å². The molecular weight excluding hydrogens is 290 g/mol.